The van der Waals surface area contributed by atoms with Crippen LogP contribution in [0.4, 0.5) is 0 Å². The first-order valence-corrected chi connectivity index (χ1v) is 5.23. The van der Waals surface area contributed by atoms with Crippen molar-refractivity contribution >= 4 is 38.5 Å². The van der Waals surface area contributed by atoms with Crippen LogP contribution in [0.15, 0.2) is 0 Å². The van der Waals surface area contributed by atoms with Gasteiger partial charge in [-0.3, -0.25) is 0 Å². The zero-order valence-electron chi connectivity index (χ0n) is 4.98. The number of hydrogen-bond acceptors (Lipinski definition) is 2. The molecule has 4 heteroatoms. The van der Waals surface area contributed by atoms with Crippen molar-refractivity contribution in [2.24, 2.45) is 5.41 Å². The minimum Gasteiger partial charge on any atom is -0.396 e. The fraction of sp³-hybridized carbons (Fsp3) is 1.00. The van der Waals surface area contributed by atoms with Gasteiger partial charge in [-0.15, -0.1) is 0 Å². The quantitative estimate of drug-likeness (QED) is 0.595. The van der Waals surface area contributed by atoms with Crippen molar-refractivity contribution < 1.29 is 10.2 Å². The van der Waals surface area contributed by atoms with E-state index in [0.29, 0.717) is 5.33 Å². The summed E-state index contributed by atoms with van der Waals surface area (Å²) in [7, 11) is 0. The number of rotatable bonds is 4. The second-order valence-corrected chi connectivity index (χ2v) is 3.41. The summed E-state index contributed by atoms with van der Waals surface area (Å²) in [5.74, 6) is 0. The van der Waals surface area contributed by atoms with Crippen LogP contribution in [-0.4, -0.2) is 33.2 Å². The molecule has 0 heterocycles. The van der Waals surface area contributed by atoms with Gasteiger partial charge in [0.15, 0.2) is 0 Å². The third kappa shape index (κ3) is 2.69. The molecule has 0 spiro atoms. The molecule has 2 nitrogen and oxygen atoms in total. The predicted molar refractivity (Wildman–Crippen MR) is 49.3 cm³/mol. The van der Waals surface area contributed by atoms with Crippen LogP contribution in [-0.2, 0) is 0 Å². The summed E-state index contributed by atoms with van der Waals surface area (Å²) in [6.07, 6.45) is 0. The largest absolute Gasteiger partial charge is 0.396 e. The van der Waals surface area contributed by atoms with E-state index in [-0.39, 0.29) is 18.6 Å². The zero-order chi connectivity index (χ0) is 7.33. The van der Waals surface area contributed by atoms with E-state index in [9.17, 15) is 0 Å². The van der Waals surface area contributed by atoms with Crippen LogP contribution in [0.1, 0.15) is 0 Å². The minimum atomic E-state index is -0.319. The van der Waals surface area contributed by atoms with Crippen LogP contribution in [0, 0.1) is 5.41 Å². The Bertz CT molecular complexity index is 57.8. The lowest BCUT2D eigenvalue weighted by molar-refractivity contribution is 0.0965. The maximum Gasteiger partial charge on any atom is 0.0524 e. The number of alkyl halides is 2. The van der Waals surface area contributed by atoms with Crippen molar-refractivity contribution in [2.45, 2.75) is 0 Å². The number of aliphatic hydroxyl groups is 2. The maximum atomic E-state index is 8.78. The van der Waals surface area contributed by atoms with Crippen LogP contribution in [0.5, 0.6) is 0 Å². The molecule has 0 aromatic carbocycles. The van der Waals surface area contributed by atoms with Gasteiger partial charge in [-0.1, -0.05) is 38.5 Å². The van der Waals surface area contributed by atoms with Crippen LogP contribution >= 0.6 is 38.5 Å². The van der Waals surface area contributed by atoms with E-state index < -0.39 is 0 Å². The maximum absolute atomic E-state index is 8.78. The Hall–Kier alpha value is 1.13. The van der Waals surface area contributed by atoms with E-state index in [4.69, 9.17) is 10.2 Å². The number of hydrogen-bond donors (Lipinski definition) is 2. The summed E-state index contributed by atoms with van der Waals surface area (Å²) in [6, 6.07) is 0. The van der Waals surface area contributed by atoms with Crippen molar-refractivity contribution in [1.29, 1.82) is 0 Å². The topological polar surface area (TPSA) is 40.5 Å². The Morgan fingerprint density at radius 2 is 1.78 bits per heavy atom. The third-order valence-corrected chi connectivity index (χ3v) is 4.05. The van der Waals surface area contributed by atoms with Gasteiger partial charge in [-0.25, -0.2) is 0 Å². The Kier molecular flexibility index (Phi) is 5.48. The van der Waals surface area contributed by atoms with E-state index in [1.54, 1.807) is 0 Å². The van der Waals surface area contributed by atoms with E-state index >= 15 is 0 Å². The van der Waals surface area contributed by atoms with Crippen molar-refractivity contribution in [3.63, 3.8) is 0 Å². The highest BCUT2D eigenvalue weighted by Crippen LogP contribution is 2.21. The molecule has 0 aromatic rings. The SMILES string of the molecule is OCC(CO)(CBr)CI. The normalized spacial score (nSPS) is 12.0. The van der Waals surface area contributed by atoms with Gasteiger partial charge in [0.1, 0.15) is 0 Å². The molecule has 0 amide bonds. The van der Waals surface area contributed by atoms with E-state index in [2.05, 4.69) is 38.5 Å². The lowest BCUT2D eigenvalue weighted by Crippen LogP contribution is -2.33. The molecule has 2 N–H and O–H groups in total. The molecule has 0 unspecified atom stereocenters. The Morgan fingerprint density at radius 3 is 1.78 bits per heavy atom. The summed E-state index contributed by atoms with van der Waals surface area (Å²) < 4.78 is 0.767. The van der Waals surface area contributed by atoms with E-state index in [1.165, 1.54) is 0 Å². The summed E-state index contributed by atoms with van der Waals surface area (Å²) in [6.45, 7) is 0.0787. The Morgan fingerprint density at radius 1 is 1.33 bits per heavy atom. The third-order valence-electron chi connectivity index (χ3n) is 1.24. The molecule has 0 fully saturated rings. The highest BCUT2D eigenvalue weighted by atomic mass is 127. The number of aliphatic hydroxyl groups excluding tert-OH is 2. The van der Waals surface area contributed by atoms with Gasteiger partial charge < -0.3 is 10.2 Å². The fourth-order valence-electron chi connectivity index (χ4n) is 0.255. The first-order valence-electron chi connectivity index (χ1n) is 2.58. The van der Waals surface area contributed by atoms with Gasteiger partial charge in [0.2, 0.25) is 0 Å². The monoisotopic (exact) mass is 308 g/mol. The standard InChI is InChI=1S/C5H10BrIO2/c6-1-5(2-7,3-8)4-9/h8-9H,1-4H2. The van der Waals surface area contributed by atoms with Gasteiger partial charge in [0.05, 0.1) is 13.2 Å². The van der Waals surface area contributed by atoms with Crippen molar-refractivity contribution in [3.8, 4) is 0 Å². The van der Waals surface area contributed by atoms with E-state index in [1.807, 2.05) is 0 Å². The molecule has 0 aliphatic rings. The van der Waals surface area contributed by atoms with Crippen molar-refractivity contribution in [2.75, 3.05) is 23.0 Å². The van der Waals surface area contributed by atoms with Crippen molar-refractivity contribution in [3.05, 3.63) is 0 Å². The highest BCUT2D eigenvalue weighted by molar-refractivity contribution is 14.1. The van der Waals surface area contributed by atoms with Gasteiger partial charge >= 0.3 is 0 Å². The number of halogens is 2. The zero-order valence-corrected chi connectivity index (χ0v) is 8.72. The lowest BCUT2D eigenvalue weighted by Gasteiger charge is -2.23. The summed E-state index contributed by atoms with van der Waals surface area (Å²) >= 11 is 5.38. The molecular formula is C5H10BrIO2. The average molecular weight is 309 g/mol. The van der Waals surface area contributed by atoms with Crippen LogP contribution in [0.2, 0.25) is 0 Å². The molecule has 0 atom stereocenters. The van der Waals surface area contributed by atoms with Crippen LogP contribution in [0.3, 0.4) is 0 Å². The molecule has 56 valence electrons. The summed E-state index contributed by atoms with van der Waals surface area (Å²) in [4.78, 5) is 0. The molecule has 0 radical (unpaired) electrons. The van der Waals surface area contributed by atoms with Crippen LogP contribution in [0.25, 0.3) is 0 Å². The molecular weight excluding hydrogens is 299 g/mol. The smallest absolute Gasteiger partial charge is 0.0524 e. The molecule has 0 saturated carbocycles. The van der Waals surface area contributed by atoms with Gasteiger partial charge in [-0.05, 0) is 0 Å². The molecule has 0 rings (SSSR count). The first kappa shape index (κ1) is 10.1. The highest BCUT2D eigenvalue weighted by Gasteiger charge is 2.25. The average Bonchev–Trinajstić information content (AvgIpc) is 1.95. The lowest BCUT2D eigenvalue weighted by atomic mass is 9.97. The van der Waals surface area contributed by atoms with Gasteiger partial charge in [0.25, 0.3) is 0 Å². The molecule has 0 aliphatic heterocycles. The molecule has 9 heavy (non-hydrogen) atoms. The Labute approximate surface area is 76.9 Å². The summed E-state index contributed by atoms with van der Waals surface area (Å²) in [5, 5.41) is 18.2. The predicted octanol–water partition coefficient (Wildman–Crippen LogP) is 0.787. The van der Waals surface area contributed by atoms with Crippen molar-refractivity contribution in [1.82, 2.24) is 0 Å². The second kappa shape index (κ2) is 4.87. The molecule has 0 aromatic heterocycles. The molecule has 0 saturated heterocycles. The van der Waals surface area contributed by atoms with E-state index in [0.717, 1.165) is 4.43 Å². The molecule has 0 bridgehead atoms. The second-order valence-electron chi connectivity index (χ2n) is 2.08. The molecule has 0 aliphatic carbocycles. The minimum absolute atomic E-state index is 0.0394. The Balaban J connectivity index is 3.82. The van der Waals surface area contributed by atoms with Crippen LogP contribution < -0.4 is 0 Å². The first-order chi connectivity index (χ1) is 4.24. The van der Waals surface area contributed by atoms with Gasteiger partial charge in [0, 0.05) is 15.2 Å². The fourth-order valence-corrected chi connectivity index (χ4v) is 2.30. The van der Waals surface area contributed by atoms with Gasteiger partial charge in [-0.2, -0.15) is 0 Å². The summed E-state index contributed by atoms with van der Waals surface area (Å²) in [5.41, 5.74) is -0.319.